The number of rotatable bonds is 2. The van der Waals surface area contributed by atoms with E-state index in [9.17, 15) is 0 Å². The highest BCUT2D eigenvalue weighted by Gasteiger charge is 2.40. The molecule has 0 amide bonds. The predicted octanol–water partition coefficient (Wildman–Crippen LogP) is 5.46. The minimum absolute atomic E-state index is 0.317. The minimum Gasteiger partial charge on any atom is -0.0804 e. The average Bonchev–Trinajstić information content (AvgIpc) is 3.18. The van der Waals surface area contributed by atoms with Gasteiger partial charge >= 0.3 is 0 Å². The van der Waals surface area contributed by atoms with Gasteiger partial charge in [0.25, 0.3) is 0 Å². The van der Waals surface area contributed by atoms with Gasteiger partial charge in [-0.2, -0.15) is 0 Å². The number of allylic oxidation sites excluding steroid dienone is 6. The van der Waals surface area contributed by atoms with Crippen LogP contribution in [0.4, 0.5) is 0 Å². The van der Waals surface area contributed by atoms with Crippen LogP contribution in [-0.4, -0.2) is 0 Å². The van der Waals surface area contributed by atoms with Crippen LogP contribution in [0.2, 0.25) is 0 Å². The summed E-state index contributed by atoms with van der Waals surface area (Å²) < 4.78 is 0. The van der Waals surface area contributed by atoms with Gasteiger partial charge in [-0.3, -0.25) is 0 Å². The van der Waals surface area contributed by atoms with E-state index in [1.807, 2.05) is 0 Å². The van der Waals surface area contributed by atoms with Crippen molar-refractivity contribution >= 4 is 5.57 Å². The van der Waals surface area contributed by atoms with E-state index in [4.69, 9.17) is 0 Å². The fraction of sp³-hybridized carbons (Fsp3) is 0.400. The number of hydrogen-bond donors (Lipinski definition) is 0. The van der Waals surface area contributed by atoms with Gasteiger partial charge in [0.05, 0.1) is 0 Å². The third-order valence-electron chi connectivity index (χ3n) is 5.38. The molecule has 1 aromatic rings. The Bertz CT molecular complexity index is 607. The highest BCUT2D eigenvalue weighted by Crippen LogP contribution is 2.55. The molecule has 0 nitrogen and oxygen atoms in total. The first kappa shape index (κ1) is 12.2. The maximum atomic E-state index is 2.52. The molecule has 0 atom stereocenters. The molecular weight excluding hydrogens is 240 g/mol. The molecule has 4 rings (SSSR count). The molecule has 1 saturated carbocycles. The Morgan fingerprint density at radius 3 is 2.55 bits per heavy atom. The smallest absolute Gasteiger partial charge is 0.0202 e. The Kier molecular flexibility index (Phi) is 2.91. The number of hydrogen-bond acceptors (Lipinski definition) is 0. The van der Waals surface area contributed by atoms with Crippen molar-refractivity contribution in [3.63, 3.8) is 0 Å². The maximum absolute atomic E-state index is 2.52. The Labute approximate surface area is 121 Å². The topological polar surface area (TPSA) is 0 Å². The zero-order valence-electron chi connectivity index (χ0n) is 12.1. The summed E-state index contributed by atoms with van der Waals surface area (Å²) in [6, 6.07) is 9.02. The molecule has 0 heteroatoms. The summed E-state index contributed by atoms with van der Waals surface area (Å²) in [5.74, 6) is 0. The van der Waals surface area contributed by atoms with Crippen molar-refractivity contribution in [3.05, 3.63) is 65.3 Å². The fourth-order valence-electron chi connectivity index (χ4n) is 4.42. The highest BCUT2D eigenvalue weighted by molar-refractivity contribution is 5.80. The standard InChI is InChI=1S/C20H22/c1-6-14-20(15-7-1,17-9-3-4-10-17)19-13-12-16-8-2-5-11-18(16)19/h2-3,5,8-11,13H,1,4,6-7,12,14-15H2. The third kappa shape index (κ3) is 1.74. The molecule has 102 valence electrons. The van der Waals surface area contributed by atoms with Crippen LogP contribution < -0.4 is 0 Å². The molecule has 3 aliphatic rings. The predicted molar refractivity (Wildman–Crippen MR) is 85.5 cm³/mol. The Balaban J connectivity index is 1.82. The van der Waals surface area contributed by atoms with Crippen molar-refractivity contribution in [1.82, 2.24) is 0 Å². The normalized spacial score (nSPS) is 23.4. The van der Waals surface area contributed by atoms with Gasteiger partial charge in [0, 0.05) is 5.41 Å². The number of fused-ring (bicyclic) bond motifs is 1. The number of benzene rings is 1. The molecular formula is C20H22. The summed E-state index contributed by atoms with van der Waals surface area (Å²) in [6.45, 7) is 0. The molecule has 0 spiro atoms. The lowest BCUT2D eigenvalue weighted by Gasteiger charge is -2.40. The van der Waals surface area contributed by atoms with Crippen LogP contribution in [-0.2, 0) is 6.42 Å². The zero-order valence-corrected chi connectivity index (χ0v) is 12.1. The largest absolute Gasteiger partial charge is 0.0804 e. The van der Waals surface area contributed by atoms with Gasteiger partial charge in [0.2, 0.25) is 0 Å². The van der Waals surface area contributed by atoms with E-state index in [2.05, 4.69) is 48.6 Å². The lowest BCUT2D eigenvalue weighted by Crippen LogP contribution is -2.27. The molecule has 0 saturated heterocycles. The molecule has 0 bridgehead atoms. The molecule has 0 N–H and O–H groups in total. The molecule has 20 heavy (non-hydrogen) atoms. The van der Waals surface area contributed by atoms with Gasteiger partial charge < -0.3 is 0 Å². The second-order valence-corrected chi connectivity index (χ2v) is 6.42. The minimum atomic E-state index is 0.317. The second kappa shape index (κ2) is 4.77. The lowest BCUT2D eigenvalue weighted by atomic mass is 9.63. The van der Waals surface area contributed by atoms with Gasteiger partial charge in [-0.15, -0.1) is 0 Å². The maximum Gasteiger partial charge on any atom is 0.0202 e. The van der Waals surface area contributed by atoms with E-state index in [0.717, 1.165) is 12.8 Å². The molecule has 0 radical (unpaired) electrons. The summed E-state index contributed by atoms with van der Waals surface area (Å²) in [5, 5.41) is 0. The molecule has 1 fully saturated rings. The van der Waals surface area contributed by atoms with Crippen molar-refractivity contribution in [2.24, 2.45) is 5.41 Å². The first-order valence-corrected chi connectivity index (χ1v) is 8.06. The monoisotopic (exact) mass is 262 g/mol. The summed E-state index contributed by atoms with van der Waals surface area (Å²) in [7, 11) is 0. The first-order chi connectivity index (χ1) is 9.90. The Morgan fingerprint density at radius 1 is 0.900 bits per heavy atom. The van der Waals surface area contributed by atoms with Crippen LogP contribution in [0.5, 0.6) is 0 Å². The summed E-state index contributed by atoms with van der Waals surface area (Å²) in [5.41, 5.74) is 6.59. The molecule has 0 heterocycles. The molecule has 1 aromatic carbocycles. The lowest BCUT2D eigenvalue weighted by molar-refractivity contribution is 0.326. The quantitative estimate of drug-likeness (QED) is 0.663. The van der Waals surface area contributed by atoms with E-state index in [1.54, 1.807) is 11.1 Å². The molecule has 0 aliphatic heterocycles. The fourth-order valence-corrected chi connectivity index (χ4v) is 4.42. The summed E-state index contributed by atoms with van der Waals surface area (Å²) >= 11 is 0. The van der Waals surface area contributed by atoms with Crippen LogP contribution in [0.25, 0.3) is 5.57 Å². The molecule has 0 aromatic heterocycles. The van der Waals surface area contributed by atoms with Gasteiger partial charge in [-0.1, -0.05) is 67.8 Å². The van der Waals surface area contributed by atoms with Crippen molar-refractivity contribution in [3.8, 4) is 0 Å². The van der Waals surface area contributed by atoms with Gasteiger partial charge in [0.15, 0.2) is 0 Å². The summed E-state index contributed by atoms with van der Waals surface area (Å²) in [6.07, 6.45) is 18.8. The average molecular weight is 262 g/mol. The third-order valence-corrected chi connectivity index (χ3v) is 5.38. The van der Waals surface area contributed by atoms with Gasteiger partial charge in [-0.25, -0.2) is 0 Å². The van der Waals surface area contributed by atoms with Gasteiger partial charge in [0.1, 0.15) is 0 Å². The van der Waals surface area contributed by atoms with Crippen LogP contribution in [0.15, 0.2) is 54.1 Å². The molecule has 3 aliphatic carbocycles. The Hall–Kier alpha value is -1.56. The zero-order chi connectivity index (χ0) is 13.4. The van der Waals surface area contributed by atoms with E-state index in [0.29, 0.717) is 5.41 Å². The summed E-state index contributed by atoms with van der Waals surface area (Å²) in [4.78, 5) is 0. The van der Waals surface area contributed by atoms with Crippen molar-refractivity contribution in [2.45, 2.75) is 44.9 Å². The van der Waals surface area contributed by atoms with Crippen molar-refractivity contribution < 1.29 is 0 Å². The van der Waals surface area contributed by atoms with E-state index < -0.39 is 0 Å². The van der Waals surface area contributed by atoms with Crippen LogP contribution in [0.3, 0.4) is 0 Å². The SMILES string of the molecule is C1=CC(C2(C3=CCc4ccccc43)CCCCC2)=CC1. The first-order valence-electron chi connectivity index (χ1n) is 8.06. The van der Waals surface area contributed by atoms with Crippen LogP contribution in [0, 0.1) is 5.41 Å². The van der Waals surface area contributed by atoms with Crippen LogP contribution >= 0.6 is 0 Å². The highest BCUT2D eigenvalue weighted by atomic mass is 14.4. The van der Waals surface area contributed by atoms with E-state index in [-0.39, 0.29) is 0 Å². The van der Waals surface area contributed by atoms with E-state index in [1.165, 1.54) is 43.2 Å². The van der Waals surface area contributed by atoms with Crippen LogP contribution in [0.1, 0.15) is 49.7 Å². The second-order valence-electron chi connectivity index (χ2n) is 6.42. The molecule has 0 unspecified atom stereocenters. The van der Waals surface area contributed by atoms with Gasteiger partial charge in [-0.05, 0) is 48.0 Å². The van der Waals surface area contributed by atoms with Crippen molar-refractivity contribution in [1.29, 1.82) is 0 Å². The van der Waals surface area contributed by atoms with E-state index >= 15 is 0 Å². The Morgan fingerprint density at radius 2 is 1.75 bits per heavy atom. The van der Waals surface area contributed by atoms with Crippen molar-refractivity contribution in [2.75, 3.05) is 0 Å².